The Morgan fingerprint density at radius 2 is 2.08 bits per heavy atom. The molecule has 3 rings (SSSR count). The molecule has 0 aliphatic rings. The molecule has 0 unspecified atom stereocenters. The first-order valence-corrected chi connectivity index (χ1v) is 8.43. The van der Waals surface area contributed by atoms with Crippen LogP contribution in [0.1, 0.15) is 23.9 Å². The topological polar surface area (TPSA) is 54.9 Å². The van der Waals surface area contributed by atoms with Gasteiger partial charge in [0.15, 0.2) is 5.82 Å². The Morgan fingerprint density at radius 3 is 2.88 bits per heavy atom. The molecule has 0 aliphatic heterocycles. The standard InChI is InChI=1S/C18H19FN4OS/c1-2-17-21-22-18(25)23(17)20-11-13-6-5-8-15(10-13)24-12-14-7-3-4-9-16(14)19/h3-10,20H,2,11-12H2,1H3,(H,22,25). The van der Waals surface area contributed by atoms with Crippen LogP contribution in [-0.4, -0.2) is 14.9 Å². The molecule has 0 atom stereocenters. The molecular weight excluding hydrogens is 339 g/mol. The van der Waals surface area contributed by atoms with E-state index in [0.717, 1.165) is 17.8 Å². The summed E-state index contributed by atoms with van der Waals surface area (Å²) < 4.78 is 21.7. The molecule has 130 valence electrons. The maximum Gasteiger partial charge on any atom is 0.214 e. The number of hydrogen-bond acceptors (Lipinski definition) is 4. The number of H-pyrrole nitrogens is 1. The molecule has 2 aromatic carbocycles. The van der Waals surface area contributed by atoms with Crippen molar-refractivity contribution in [1.82, 2.24) is 14.9 Å². The zero-order valence-corrected chi connectivity index (χ0v) is 14.6. The Bertz CT molecular complexity index is 906. The van der Waals surface area contributed by atoms with Gasteiger partial charge in [0.2, 0.25) is 4.77 Å². The number of rotatable bonds is 7. The van der Waals surface area contributed by atoms with E-state index in [9.17, 15) is 4.39 Å². The van der Waals surface area contributed by atoms with Crippen molar-refractivity contribution in [2.24, 2.45) is 0 Å². The minimum Gasteiger partial charge on any atom is -0.489 e. The summed E-state index contributed by atoms with van der Waals surface area (Å²) in [5, 5.41) is 6.93. The highest BCUT2D eigenvalue weighted by Gasteiger charge is 2.05. The summed E-state index contributed by atoms with van der Waals surface area (Å²) in [6.45, 7) is 2.77. The fourth-order valence-corrected chi connectivity index (χ4v) is 2.64. The Balaban J connectivity index is 1.64. The average molecular weight is 358 g/mol. The lowest BCUT2D eigenvalue weighted by molar-refractivity contribution is 0.299. The van der Waals surface area contributed by atoms with Gasteiger partial charge in [-0.15, -0.1) is 0 Å². The lowest BCUT2D eigenvalue weighted by atomic mass is 10.2. The molecule has 1 heterocycles. The summed E-state index contributed by atoms with van der Waals surface area (Å²) in [5.74, 6) is 1.27. The molecule has 0 spiro atoms. The van der Waals surface area contributed by atoms with Crippen LogP contribution < -0.4 is 10.2 Å². The van der Waals surface area contributed by atoms with E-state index in [2.05, 4.69) is 15.6 Å². The molecule has 0 amide bonds. The van der Waals surface area contributed by atoms with Gasteiger partial charge in [-0.1, -0.05) is 37.3 Å². The normalized spacial score (nSPS) is 10.6. The number of halogens is 1. The number of aromatic amines is 1. The summed E-state index contributed by atoms with van der Waals surface area (Å²) in [7, 11) is 0. The van der Waals surface area contributed by atoms with Gasteiger partial charge < -0.3 is 10.2 Å². The molecule has 7 heteroatoms. The Labute approximate surface area is 150 Å². The predicted octanol–water partition coefficient (Wildman–Crippen LogP) is 3.96. The monoisotopic (exact) mass is 358 g/mol. The van der Waals surface area contributed by atoms with Gasteiger partial charge in [-0.3, -0.25) is 5.10 Å². The predicted molar refractivity (Wildman–Crippen MR) is 97.0 cm³/mol. The van der Waals surface area contributed by atoms with Gasteiger partial charge >= 0.3 is 0 Å². The van der Waals surface area contributed by atoms with Gasteiger partial charge in [-0.2, -0.15) is 5.10 Å². The SMILES string of the molecule is CCc1n[nH]c(=S)n1NCc1cccc(OCc2ccccc2F)c1. The van der Waals surface area contributed by atoms with Crippen LogP contribution in [0.3, 0.4) is 0 Å². The van der Waals surface area contributed by atoms with Gasteiger partial charge in [0.25, 0.3) is 0 Å². The molecule has 0 bridgehead atoms. The summed E-state index contributed by atoms with van der Waals surface area (Å²) >= 11 is 5.21. The summed E-state index contributed by atoms with van der Waals surface area (Å²) in [5.41, 5.74) is 4.80. The van der Waals surface area contributed by atoms with Crippen molar-refractivity contribution in [3.05, 3.63) is 76.1 Å². The largest absolute Gasteiger partial charge is 0.489 e. The van der Waals surface area contributed by atoms with Crippen molar-refractivity contribution in [2.45, 2.75) is 26.5 Å². The minimum absolute atomic E-state index is 0.191. The molecule has 0 fully saturated rings. The van der Waals surface area contributed by atoms with E-state index in [0.29, 0.717) is 22.6 Å². The molecule has 1 aromatic heterocycles. The molecule has 0 saturated heterocycles. The van der Waals surface area contributed by atoms with Gasteiger partial charge in [-0.05, 0) is 36.0 Å². The fourth-order valence-electron chi connectivity index (χ4n) is 2.42. The van der Waals surface area contributed by atoms with E-state index in [1.807, 2.05) is 31.2 Å². The maximum absolute atomic E-state index is 13.6. The highest BCUT2D eigenvalue weighted by atomic mass is 32.1. The number of ether oxygens (including phenoxy) is 1. The number of nitrogens with zero attached hydrogens (tertiary/aromatic N) is 2. The zero-order chi connectivity index (χ0) is 17.6. The molecule has 5 nitrogen and oxygen atoms in total. The fraction of sp³-hybridized carbons (Fsp3) is 0.222. The molecule has 0 aliphatic carbocycles. The number of aromatic nitrogens is 3. The van der Waals surface area contributed by atoms with E-state index in [1.54, 1.807) is 22.9 Å². The number of nitrogens with one attached hydrogen (secondary N) is 2. The molecule has 0 saturated carbocycles. The highest BCUT2D eigenvalue weighted by Crippen LogP contribution is 2.16. The van der Waals surface area contributed by atoms with E-state index < -0.39 is 0 Å². The lowest BCUT2D eigenvalue weighted by Crippen LogP contribution is -2.17. The van der Waals surface area contributed by atoms with Gasteiger partial charge in [0, 0.05) is 12.0 Å². The van der Waals surface area contributed by atoms with Crippen molar-refractivity contribution in [2.75, 3.05) is 5.43 Å². The smallest absolute Gasteiger partial charge is 0.214 e. The first kappa shape index (κ1) is 17.2. The van der Waals surface area contributed by atoms with Crippen molar-refractivity contribution in [3.8, 4) is 5.75 Å². The second-order valence-electron chi connectivity index (χ2n) is 5.50. The Morgan fingerprint density at radius 1 is 1.24 bits per heavy atom. The van der Waals surface area contributed by atoms with Gasteiger partial charge in [-0.25, -0.2) is 9.07 Å². The van der Waals surface area contributed by atoms with Crippen LogP contribution in [0.2, 0.25) is 0 Å². The summed E-state index contributed by atoms with van der Waals surface area (Å²) in [6.07, 6.45) is 0.770. The number of aryl methyl sites for hydroxylation is 1. The minimum atomic E-state index is -0.262. The Hall–Kier alpha value is -2.67. The van der Waals surface area contributed by atoms with Crippen LogP contribution in [0.4, 0.5) is 4.39 Å². The first-order chi connectivity index (χ1) is 12.2. The van der Waals surface area contributed by atoms with Gasteiger partial charge in [0.1, 0.15) is 18.2 Å². The van der Waals surface area contributed by atoms with E-state index in [4.69, 9.17) is 17.0 Å². The first-order valence-electron chi connectivity index (χ1n) is 8.02. The van der Waals surface area contributed by atoms with Crippen LogP contribution in [0.25, 0.3) is 0 Å². The molecule has 25 heavy (non-hydrogen) atoms. The second kappa shape index (κ2) is 7.94. The van der Waals surface area contributed by atoms with Crippen LogP contribution in [-0.2, 0) is 19.6 Å². The van der Waals surface area contributed by atoms with E-state index in [-0.39, 0.29) is 12.4 Å². The highest BCUT2D eigenvalue weighted by molar-refractivity contribution is 7.71. The number of benzene rings is 2. The van der Waals surface area contributed by atoms with Crippen LogP contribution in [0.15, 0.2) is 48.5 Å². The molecular formula is C18H19FN4OS. The van der Waals surface area contributed by atoms with Crippen molar-refractivity contribution in [3.63, 3.8) is 0 Å². The lowest BCUT2D eigenvalue weighted by Gasteiger charge is -2.11. The maximum atomic E-state index is 13.6. The number of hydrogen-bond donors (Lipinski definition) is 2. The van der Waals surface area contributed by atoms with Crippen LogP contribution in [0, 0.1) is 10.6 Å². The second-order valence-corrected chi connectivity index (χ2v) is 5.88. The third kappa shape index (κ3) is 4.24. The van der Waals surface area contributed by atoms with Gasteiger partial charge in [0.05, 0.1) is 6.54 Å². The average Bonchev–Trinajstić information content (AvgIpc) is 2.99. The van der Waals surface area contributed by atoms with Crippen molar-refractivity contribution < 1.29 is 9.13 Å². The molecule has 3 aromatic rings. The third-order valence-corrected chi connectivity index (χ3v) is 4.02. The zero-order valence-electron chi connectivity index (χ0n) is 13.8. The summed E-state index contributed by atoms with van der Waals surface area (Å²) in [4.78, 5) is 0. The van der Waals surface area contributed by atoms with Crippen molar-refractivity contribution >= 4 is 12.2 Å². The van der Waals surface area contributed by atoms with Crippen LogP contribution >= 0.6 is 12.2 Å². The molecule has 0 radical (unpaired) electrons. The van der Waals surface area contributed by atoms with Crippen molar-refractivity contribution in [1.29, 1.82) is 0 Å². The van der Waals surface area contributed by atoms with Crippen LogP contribution in [0.5, 0.6) is 5.75 Å². The van der Waals surface area contributed by atoms with E-state index >= 15 is 0 Å². The van der Waals surface area contributed by atoms with E-state index in [1.165, 1.54) is 6.07 Å². The molecule has 2 N–H and O–H groups in total. The quantitative estimate of drug-likeness (QED) is 0.628. The Kier molecular flexibility index (Phi) is 5.45. The summed E-state index contributed by atoms with van der Waals surface area (Å²) in [6, 6.07) is 14.3. The third-order valence-electron chi connectivity index (χ3n) is 3.75.